The van der Waals surface area contributed by atoms with Crippen molar-refractivity contribution in [3.8, 4) is 5.75 Å². The van der Waals surface area contributed by atoms with E-state index in [9.17, 15) is 18.4 Å². The number of carbonyl (C=O) groups excluding carboxylic acids is 1. The first-order valence-corrected chi connectivity index (χ1v) is 13.1. The largest absolute Gasteiger partial charge is 0.496 e. The van der Waals surface area contributed by atoms with Crippen LogP contribution in [0.3, 0.4) is 0 Å². The van der Waals surface area contributed by atoms with Gasteiger partial charge in [-0.05, 0) is 78.6 Å². The highest BCUT2D eigenvalue weighted by Gasteiger charge is 2.39. The number of benzene rings is 1. The van der Waals surface area contributed by atoms with E-state index in [1.54, 1.807) is 26.8 Å². The quantitative estimate of drug-likeness (QED) is 0.421. The first kappa shape index (κ1) is 27.8. The molecule has 38 heavy (non-hydrogen) atoms. The van der Waals surface area contributed by atoms with Crippen LogP contribution >= 0.6 is 0 Å². The van der Waals surface area contributed by atoms with Crippen LogP contribution in [0.2, 0.25) is 0 Å². The molecule has 3 aromatic rings. The van der Waals surface area contributed by atoms with Gasteiger partial charge in [-0.15, -0.1) is 0 Å². The monoisotopic (exact) mass is 528 g/mol. The third kappa shape index (κ3) is 5.08. The minimum atomic E-state index is -2.40. The second-order valence-electron chi connectivity index (χ2n) is 10.9. The number of aromatic nitrogens is 2. The Bertz CT molecular complexity index is 1370. The Hall–Kier alpha value is -3.20. The number of para-hydroxylation sites is 1. The van der Waals surface area contributed by atoms with Crippen LogP contribution in [-0.4, -0.2) is 52.5 Å². The lowest BCUT2D eigenvalue weighted by atomic mass is 9.87. The molecule has 2 aromatic heterocycles. The summed E-state index contributed by atoms with van der Waals surface area (Å²) in [6.45, 7) is 10.3. The highest BCUT2D eigenvalue weighted by atomic mass is 19.3. The van der Waals surface area contributed by atoms with Crippen molar-refractivity contribution in [1.29, 1.82) is 0 Å². The van der Waals surface area contributed by atoms with Crippen LogP contribution in [0.5, 0.6) is 5.75 Å². The van der Waals surface area contributed by atoms with Gasteiger partial charge in [-0.25, -0.2) is 8.78 Å². The molecule has 1 unspecified atom stereocenters. The van der Waals surface area contributed by atoms with Crippen LogP contribution in [0.25, 0.3) is 10.9 Å². The molecule has 0 aliphatic carbocycles. The van der Waals surface area contributed by atoms with Gasteiger partial charge in [0, 0.05) is 28.3 Å². The van der Waals surface area contributed by atoms with Gasteiger partial charge < -0.3 is 19.6 Å². The number of methoxy groups -OCH3 is 1. The van der Waals surface area contributed by atoms with E-state index in [0.29, 0.717) is 41.6 Å². The van der Waals surface area contributed by atoms with Gasteiger partial charge in [0.15, 0.2) is 0 Å². The second kappa shape index (κ2) is 10.9. The fourth-order valence-electron chi connectivity index (χ4n) is 5.80. The number of H-pyrrole nitrogens is 1. The number of amides is 1. The van der Waals surface area contributed by atoms with E-state index in [1.165, 1.54) is 7.11 Å². The Labute approximate surface area is 222 Å². The molecule has 4 rings (SSSR count). The molecule has 9 heteroatoms. The van der Waals surface area contributed by atoms with Crippen molar-refractivity contribution in [1.82, 2.24) is 19.8 Å². The number of rotatable bonds is 8. The van der Waals surface area contributed by atoms with Crippen LogP contribution in [-0.2, 0) is 6.54 Å². The van der Waals surface area contributed by atoms with Gasteiger partial charge >= 0.3 is 0 Å². The predicted octanol–water partition coefficient (Wildman–Crippen LogP) is 5.20. The minimum absolute atomic E-state index is 0.0322. The van der Waals surface area contributed by atoms with Gasteiger partial charge in [0.25, 0.3) is 17.9 Å². The molecule has 0 spiro atoms. The van der Waals surface area contributed by atoms with Crippen molar-refractivity contribution in [3.05, 3.63) is 63.2 Å². The number of alkyl halides is 2. The summed E-state index contributed by atoms with van der Waals surface area (Å²) in [5.74, 6) is 0.460. The van der Waals surface area contributed by atoms with E-state index >= 15 is 0 Å². The average molecular weight is 529 g/mol. The molecule has 7 nitrogen and oxygen atoms in total. The summed E-state index contributed by atoms with van der Waals surface area (Å²) >= 11 is 0. The van der Waals surface area contributed by atoms with Crippen molar-refractivity contribution in [2.75, 3.05) is 20.2 Å². The van der Waals surface area contributed by atoms with Gasteiger partial charge in [-0.2, -0.15) is 0 Å². The molecular formula is C29H38F2N4O3. The third-order valence-corrected chi connectivity index (χ3v) is 8.24. The summed E-state index contributed by atoms with van der Waals surface area (Å²) in [6.07, 6.45) is -0.787. The number of aromatic amines is 1. The molecule has 1 aliphatic rings. The van der Waals surface area contributed by atoms with Crippen LogP contribution in [0.15, 0.2) is 35.1 Å². The van der Waals surface area contributed by atoms with E-state index in [4.69, 9.17) is 4.74 Å². The van der Waals surface area contributed by atoms with Crippen molar-refractivity contribution in [2.45, 2.75) is 72.0 Å². The van der Waals surface area contributed by atoms with Crippen LogP contribution < -0.4 is 15.6 Å². The topological polar surface area (TPSA) is 79.4 Å². The standard InChI is InChI=1S/C29H38F2N4O3/c1-17-15-24(38-6)22(26(36)33-17)16-32-27(37)25-19(3)35(23-10-8-7-9-21(23)25)18(2)20-11-13-34(14-12-20)29(4,5)28(30)31/h7-10,15,18,20,28H,11-14,16H2,1-6H3,(H,32,37)(H,33,36). The normalized spacial score (nSPS) is 16.2. The zero-order valence-corrected chi connectivity index (χ0v) is 23.0. The number of ether oxygens (including phenoxy) is 1. The van der Waals surface area contributed by atoms with E-state index in [0.717, 1.165) is 29.4 Å². The average Bonchev–Trinajstić information content (AvgIpc) is 3.18. The maximum absolute atomic E-state index is 13.6. The SMILES string of the molecule is COc1cc(C)[nH]c(=O)c1CNC(=O)c1c(C)n(C(C)C2CCN(C(C)(C)C(F)F)CC2)c2ccccc12. The maximum atomic E-state index is 13.6. The molecule has 1 atom stereocenters. The first-order chi connectivity index (χ1) is 18.0. The molecule has 206 valence electrons. The van der Waals surface area contributed by atoms with Gasteiger partial charge in [0.05, 0.1) is 30.3 Å². The number of aryl methyl sites for hydroxylation is 1. The number of hydrogen-bond donors (Lipinski definition) is 2. The molecule has 1 fully saturated rings. The summed E-state index contributed by atoms with van der Waals surface area (Å²) in [5, 5.41) is 3.76. The van der Waals surface area contributed by atoms with Gasteiger partial charge in [0.2, 0.25) is 0 Å². The van der Waals surface area contributed by atoms with Gasteiger partial charge in [-0.3, -0.25) is 14.5 Å². The summed E-state index contributed by atoms with van der Waals surface area (Å²) in [5.41, 5.74) is 1.98. The number of pyridine rings is 1. The number of likely N-dealkylation sites (tertiary alicyclic amines) is 1. The maximum Gasteiger partial charge on any atom is 0.256 e. The van der Waals surface area contributed by atoms with Crippen molar-refractivity contribution in [2.24, 2.45) is 5.92 Å². The lowest BCUT2D eigenvalue weighted by Crippen LogP contribution is -2.53. The summed E-state index contributed by atoms with van der Waals surface area (Å²) in [7, 11) is 1.50. The van der Waals surface area contributed by atoms with Gasteiger partial charge in [0.1, 0.15) is 5.75 Å². The van der Waals surface area contributed by atoms with Crippen LogP contribution in [0, 0.1) is 19.8 Å². The number of nitrogens with zero attached hydrogens (tertiary/aromatic N) is 2. The molecule has 1 aromatic carbocycles. The molecule has 0 saturated carbocycles. The summed E-state index contributed by atoms with van der Waals surface area (Å²) in [4.78, 5) is 30.7. The number of halogens is 2. The molecule has 1 saturated heterocycles. The highest BCUT2D eigenvalue weighted by Crippen LogP contribution is 2.37. The Balaban J connectivity index is 1.59. The number of hydrogen-bond acceptors (Lipinski definition) is 4. The second-order valence-corrected chi connectivity index (χ2v) is 10.9. The zero-order valence-electron chi connectivity index (χ0n) is 23.0. The summed E-state index contributed by atoms with van der Waals surface area (Å²) < 4.78 is 34.7. The van der Waals surface area contributed by atoms with E-state index in [1.807, 2.05) is 36.1 Å². The highest BCUT2D eigenvalue weighted by molar-refractivity contribution is 6.08. The molecule has 0 radical (unpaired) electrons. The van der Waals surface area contributed by atoms with Crippen molar-refractivity contribution < 1.29 is 18.3 Å². The molecule has 1 aliphatic heterocycles. The molecule has 3 heterocycles. The lowest BCUT2D eigenvalue weighted by molar-refractivity contribution is -0.0490. The van der Waals surface area contributed by atoms with E-state index < -0.39 is 12.0 Å². The Morgan fingerprint density at radius 2 is 1.87 bits per heavy atom. The molecular weight excluding hydrogens is 490 g/mol. The fourth-order valence-corrected chi connectivity index (χ4v) is 5.80. The predicted molar refractivity (Wildman–Crippen MR) is 145 cm³/mol. The lowest BCUT2D eigenvalue weighted by Gasteiger charge is -2.43. The van der Waals surface area contributed by atoms with Crippen molar-refractivity contribution in [3.63, 3.8) is 0 Å². The van der Waals surface area contributed by atoms with E-state index in [-0.39, 0.29) is 24.1 Å². The number of fused-ring (bicyclic) bond motifs is 1. The minimum Gasteiger partial charge on any atom is -0.496 e. The zero-order chi connectivity index (χ0) is 27.8. The Morgan fingerprint density at radius 3 is 2.50 bits per heavy atom. The van der Waals surface area contributed by atoms with Crippen LogP contribution in [0.4, 0.5) is 8.78 Å². The van der Waals surface area contributed by atoms with Crippen molar-refractivity contribution >= 4 is 16.8 Å². The third-order valence-electron chi connectivity index (χ3n) is 8.24. The first-order valence-electron chi connectivity index (χ1n) is 13.1. The molecule has 2 N–H and O–H groups in total. The number of nitrogens with one attached hydrogen (secondary N) is 2. The number of piperidine rings is 1. The smallest absolute Gasteiger partial charge is 0.256 e. The summed E-state index contributed by atoms with van der Waals surface area (Å²) in [6, 6.07) is 9.63. The fraction of sp³-hybridized carbons (Fsp3) is 0.517. The van der Waals surface area contributed by atoms with Gasteiger partial charge in [-0.1, -0.05) is 18.2 Å². The Morgan fingerprint density at radius 1 is 1.21 bits per heavy atom. The van der Waals surface area contributed by atoms with Crippen LogP contribution in [0.1, 0.15) is 67.0 Å². The van der Waals surface area contributed by atoms with E-state index in [2.05, 4.69) is 21.8 Å². The number of carbonyl (C=O) groups is 1. The Kier molecular flexibility index (Phi) is 7.97. The molecule has 1 amide bonds. The molecule has 0 bridgehead atoms.